The molecule has 22 heavy (non-hydrogen) atoms. The van der Waals surface area contributed by atoms with E-state index in [9.17, 15) is 9.59 Å². The summed E-state index contributed by atoms with van der Waals surface area (Å²) in [6.45, 7) is 8.61. The number of nitrogens with zero attached hydrogens (tertiary/aromatic N) is 1. The molecular formula is C17H23NO3Si. The number of benzene rings is 1. The molecule has 1 aliphatic heterocycles. The van der Waals surface area contributed by atoms with E-state index in [2.05, 4.69) is 25.2 Å². The molecule has 0 N–H and O–H groups in total. The topological polar surface area (TPSA) is 46.6 Å². The van der Waals surface area contributed by atoms with Crippen molar-refractivity contribution in [3.05, 3.63) is 42.1 Å². The molecule has 1 fully saturated rings. The van der Waals surface area contributed by atoms with E-state index in [1.54, 1.807) is 6.08 Å². The van der Waals surface area contributed by atoms with Gasteiger partial charge in [-0.2, -0.15) is 0 Å². The first-order valence-corrected chi connectivity index (χ1v) is 10.7. The van der Waals surface area contributed by atoms with Gasteiger partial charge in [-0.3, -0.25) is 4.79 Å². The number of ether oxygens (including phenoxy) is 1. The van der Waals surface area contributed by atoms with Gasteiger partial charge in [-0.25, -0.2) is 9.69 Å². The monoisotopic (exact) mass is 317 g/mol. The fraction of sp³-hybridized carbons (Fsp3) is 0.412. The molecule has 1 aromatic carbocycles. The molecule has 1 atom stereocenters. The minimum absolute atomic E-state index is 0.175. The summed E-state index contributed by atoms with van der Waals surface area (Å²) in [7, 11) is -1.84. The Morgan fingerprint density at radius 3 is 2.55 bits per heavy atom. The van der Waals surface area contributed by atoms with Gasteiger partial charge in [0.15, 0.2) is 0 Å². The highest BCUT2D eigenvalue weighted by Gasteiger charge is 2.38. The smallest absolute Gasteiger partial charge is 0.417 e. The van der Waals surface area contributed by atoms with E-state index >= 15 is 0 Å². The zero-order chi connectivity index (χ0) is 16.3. The van der Waals surface area contributed by atoms with E-state index in [0.29, 0.717) is 0 Å². The van der Waals surface area contributed by atoms with Gasteiger partial charge in [-0.1, -0.05) is 68.2 Å². The Hall–Kier alpha value is -1.88. The first-order valence-electron chi connectivity index (χ1n) is 7.57. The fourth-order valence-corrected chi connectivity index (χ4v) is 4.31. The van der Waals surface area contributed by atoms with Crippen LogP contribution in [0.25, 0.3) is 0 Å². The zero-order valence-corrected chi connectivity index (χ0v) is 14.6. The molecule has 4 nitrogen and oxygen atoms in total. The Kier molecular flexibility index (Phi) is 4.86. The van der Waals surface area contributed by atoms with Crippen molar-refractivity contribution in [2.45, 2.75) is 33.0 Å². The average molecular weight is 317 g/mol. The van der Waals surface area contributed by atoms with Gasteiger partial charge in [0.05, 0.1) is 6.04 Å². The summed E-state index contributed by atoms with van der Waals surface area (Å²) in [5, 5.41) is 1.25. The summed E-state index contributed by atoms with van der Waals surface area (Å²) in [4.78, 5) is 25.4. The maximum Gasteiger partial charge on any atom is 0.417 e. The van der Waals surface area contributed by atoms with Gasteiger partial charge in [0, 0.05) is 0 Å². The zero-order valence-electron chi connectivity index (χ0n) is 13.6. The second-order valence-electron chi connectivity index (χ2n) is 6.52. The second-order valence-corrected chi connectivity index (χ2v) is 10.9. The van der Waals surface area contributed by atoms with Crippen molar-refractivity contribution < 1.29 is 14.3 Å². The normalized spacial score (nSPS) is 19.0. The molecule has 1 aromatic rings. The van der Waals surface area contributed by atoms with Crippen LogP contribution in [0.15, 0.2) is 42.1 Å². The number of carbonyl (C=O) groups is 2. The number of hydrogen-bond donors (Lipinski definition) is 0. The van der Waals surface area contributed by atoms with Crippen LogP contribution in [-0.4, -0.2) is 37.6 Å². The quantitative estimate of drug-likeness (QED) is 0.633. The molecule has 2 amide bonds. The summed E-state index contributed by atoms with van der Waals surface area (Å²) in [6.07, 6.45) is 1.01. The molecule has 1 saturated heterocycles. The molecule has 2 rings (SSSR count). The lowest BCUT2D eigenvalue weighted by Gasteiger charge is -2.22. The molecule has 118 valence electrons. The molecule has 0 bridgehead atoms. The van der Waals surface area contributed by atoms with Gasteiger partial charge in [-0.15, -0.1) is 0 Å². The predicted octanol–water partition coefficient (Wildman–Crippen LogP) is 2.70. The molecule has 0 radical (unpaired) electrons. The summed E-state index contributed by atoms with van der Waals surface area (Å²) in [5.41, 5.74) is 1.98. The van der Waals surface area contributed by atoms with Crippen LogP contribution >= 0.6 is 0 Å². The second kappa shape index (κ2) is 6.48. The van der Waals surface area contributed by atoms with Crippen LogP contribution in [0.4, 0.5) is 4.79 Å². The van der Waals surface area contributed by atoms with Crippen molar-refractivity contribution in [2.75, 3.05) is 6.61 Å². The largest absolute Gasteiger partial charge is 0.447 e. The average Bonchev–Trinajstić information content (AvgIpc) is 2.88. The van der Waals surface area contributed by atoms with Crippen molar-refractivity contribution in [1.29, 1.82) is 0 Å². The molecule has 5 heteroatoms. The van der Waals surface area contributed by atoms with Crippen molar-refractivity contribution >= 4 is 25.3 Å². The molecule has 1 aliphatic rings. The van der Waals surface area contributed by atoms with Gasteiger partial charge in [0.1, 0.15) is 14.7 Å². The lowest BCUT2D eigenvalue weighted by Crippen LogP contribution is -2.42. The number of amides is 2. The SMILES string of the molecule is CC(C)[C@H]1COC(=O)N1C(=O)/C=C/[Si](C)(C)c1ccccc1. The van der Waals surface area contributed by atoms with Gasteiger partial charge in [-0.05, 0) is 12.0 Å². The van der Waals surface area contributed by atoms with Crippen LogP contribution in [0.2, 0.25) is 13.1 Å². The minimum atomic E-state index is -1.84. The molecule has 0 aliphatic carbocycles. The fourth-order valence-electron chi connectivity index (χ4n) is 2.50. The van der Waals surface area contributed by atoms with Crippen LogP contribution in [0.1, 0.15) is 13.8 Å². The first-order chi connectivity index (χ1) is 10.3. The third-order valence-electron chi connectivity index (χ3n) is 4.07. The van der Waals surface area contributed by atoms with E-state index in [4.69, 9.17) is 4.74 Å². The van der Waals surface area contributed by atoms with Crippen molar-refractivity contribution in [3.63, 3.8) is 0 Å². The molecular weight excluding hydrogens is 294 g/mol. The number of imide groups is 1. The number of hydrogen-bond acceptors (Lipinski definition) is 3. The van der Waals surface area contributed by atoms with Crippen LogP contribution < -0.4 is 5.19 Å². The number of carbonyl (C=O) groups excluding carboxylic acids is 2. The third kappa shape index (κ3) is 3.47. The van der Waals surface area contributed by atoms with Crippen LogP contribution in [-0.2, 0) is 9.53 Å². The van der Waals surface area contributed by atoms with Gasteiger partial charge < -0.3 is 4.74 Å². The minimum Gasteiger partial charge on any atom is -0.447 e. The van der Waals surface area contributed by atoms with E-state index in [1.807, 2.05) is 37.7 Å². The highest BCUT2D eigenvalue weighted by atomic mass is 28.3. The van der Waals surface area contributed by atoms with Gasteiger partial charge >= 0.3 is 6.09 Å². The molecule has 0 saturated carbocycles. The van der Waals surface area contributed by atoms with E-state index in [1.165, 1.54) is 10.1 Å². The summed E-state index contributed by atoms with van der Waals surface area (Å²) >= 11 is 0. The van der Waals surface area contributed by atoms with E-state index < -0.39 is 14.2 Å². The summed E-state index contributed by atoms with van der Waals surface area (Å²) in [5.74, 6) is -0.0964. The van der Waals surface area contributed by atoms with Crippen LogP contribution in [0, 0.1) is 5.92 Å². The maximum atomic E-state index is 12.4. The Bertz CT molecular complexity index is 581. The molecule has 0 spiro atoms. The van der Waals surface area contributed by atoms with Crippen LogP contribution in [0.5, 0.6) is 0 Å². The Morgan fingerprint density at radius 2 is 1.95 bits per heavy atom. The number of cyclic esters (lactones) is 1. The molecule has 0 aromatic heterocycles. The number of rotatable bonds is 4. The highest BCUT2D eigenvalue weighted by molar-refractivity contribution is 6.94. The third-order valence-corrected chi connectivity index (χ3v) is 6.89. The maximum absolute atomic E-state index is 12.4. The summed E-state index contributed by atoms with van der Waals surface area (Å²) in [6, 6.07) is 9.99. The summed E-state index contributed by atoms with van der Waals surface area (Å²) < 4.78 is 5.02. The Morgan fingerprint density at radius 1 is 1.32 bits per heavy atom. The first kappa shape index (κ1) is 16.5. The van der Waals surface area contributed by atoms with Crippen molar-refractivity contribution in [2.24, 2.45) is 5.92 Å². The van der Waals surface area contributed by atoms with E-state index in [0.717, 1.165) is 0 Å². The lowest BCUT2D eigenvalue weighted by molar-refractivity contribution is -0.124. The van der Waals surface area contributed by atoms with Crippen LogP contribution in [0.3, 0.4) is 0 Å². The van der Waals surface area contributed by atoms with Crippen molar-refractivity contribution in [3.8, 4) is 0 Å². The highest BCUT2D eigenvalue weighted by Crippen LogP contribution is 2.20. The Balaban J connectivity index is 2.15. The van der Waals surface area contributed by atoms with E-state index in [-0.39, 0.29) is 24.5 Å². The van der Waals surface area contributed by atoms with Crippen molar-refractivity contribution in [1.82, 2.24) is 4.90 Å². The molecule has 0 unspecified atom stereocenters. The Labute approximate surface area is 132 Å². The molecule has 1 heterocycles. The van der Waals surface area contributed by atoms with Gasteiger partial charge in [0.2, 0.25) is 0 Å². The predicted molar refractivity (Wildman–Crippen MR) is 89.5 cm³/mol. The lowest BCUT2D eigenvalue weighted by atomic mass is 10.0. The standard InChI is InChI=1S/C17H23NO3Si/c1-13(2)15-12-21-17(20)18(15)16(19)10-11-22(3,4)14-8-6-5-7-9-14/h5-11,13,15H,12H2,1-4H3/b11-10+/t15-/m1/s1. The van der Waals surface area contributed by atoms with Gasteiger partial charge in [0.25, 0.3) is 5.91 Å².